The number of oxazole rings is 1. The smallest absolute Gasteiger partial charge is 0.296 e. The molecule has 1 N–H and O–H groups in total. The Bertz CT molecular complexity index is 819. The molecule has 2 aromatic heterocycles. The first-order valence-electron chi connectivity index (χ1n) is 7.87. The molecule has 2 atom stereocenters. The number of anilines is 1. The molecule has 1 aliphatic heterocycles. The van der Waals surface area contributed by atoms with Crippen LogP contribution in [-0.4, -0.2) is 27.4 Å². The van der Waals surface area contributed by atoms with Gasteiger partial charge in [0.2, 0.25) is 0 Å². The van der Waals surface area contributed by atoms with Gasteiger partial charge in [-0.05, 0) is 32.4 Å². The summed E-state index contributed by atoms with van der Waals surface area (Å²) in [6, 6.07) is 8.45. The van der Waals surface area contributed by atoms with E-state index in [1.165, 1.54) is 5.56 Å². The van der Waals surface area contributed by atoms with Gasteiger partial charge >= 0.3 is 0 Å². The van der Waals surface area contributed by atoms with Crippen LogP contribution in [0.5, 0.6) is 0 Å². The highest BCUT2D eigenvalue weighted by Gasteiger charge is 2.34. The van der Waals surface area contributed by atoms with Gasteiger partial charge in [0.1, 0.15) is 11.6 Å². The summed E-state index contributed by atoms with van der Waals surface area (Å²) in [5.41, 5.74) is 4.97. The lowest BCUT2D eigenvalue weighted by molar-refractivity contribution is 0.106. The molecule has 6 heteroatoms. The van der Waals surface area contributed by atoms with E-state index < -0.39 is 0 Å². The van der Waals surface area contributed by atoms with E-state index in [1.807, 2.05) is 42.9 Å². The summed E-state index contributed by atoms with van der Waals surface area (Å²) in [4.78, 5) is 4.50. The number of hydrogen-bond acceptors (Lipinski definition) is 5. The van der Waals surface area contributed by atoms with Crippen LogP contribution in [0.4, 0.5) is 6.01 Å². The molecule has 0 spiro atoms. The van der Waals surface area contributed by atoms with Gasteiger partial charge in [-0.15, -0.1) is 0 Å². The van der Waals surface area contributed by atoms with Crippen molar-refractivity contribution >= 4 is 17.1 Å². The van der Waals surface area contributed by atoms with Crippen LogP contribution in [0.1, 0.15) is 29.5 Å². The number of fused-ring (bicyclic) bond motifs is 1. The highest BCUT2D eigenvalue weighted by atomic mass is 16.5. The average Bonchev–Trinajstić information content (AvgIpc) is 3.19. The Morgan fingerprint density at radius 3 is 2.83 bits per heavy atom. The number of hydrogen-bond donors (Lipinski definition) is 1. The zero-order valence-corrected chi connectivity index (χ0v) is 13.5. The predicted molar refractivity (Wildman–Crippen MR) is 87.4 cm³/mol. The van der Waals surface area contributed by atoms with E-state index in [1.54, 1.807) is 0 Å². The summed E-state index contributed by atoms with van der Waals surface area (Å²) in [5.74, 6) is 0. The van der Waals surface area contributed by atoms with Crippen molar-refractivity contribution in [1.29, 1.82) is 0 Å². The molecular weight excluding hydrogens is 292 g/mol. The minimum atomic E-state index is -0.0290. The second-order valence-electron chi connectivity index (χ2n) is 6.03. The van der Waals surface area contributed by atoms with Crippen molar-refractivity contribution in [2.75, 3.05) is 11.9 Å². The second-order valence-corrected chi connectivity index (χ2v) is 6.03. The molecule has 4 rings (SSSR count). The van der Waals surface area contributed by atoms with Gasteiger partial charge in [-0.3, -0.25) is 4.68 Å². The van der Waals surface area contributed by atoms with Gasteiger partial charge in [0.15, 0.2) is 5.58 Å². The molecule has 0 saturated carbocycles. The minimum absolute atomic E-state index is 0.0290. The fourth-order valence-electron chi connectivity index (χ4n) is 3.32. The molecule has 6 nitrogen and oxygen atoms in total. The third-order valence-electron chi connectivity index (χ3n) is 4.54. The number of aromatic nitrogens is 3. The van der Waals surface area contributed by atoms with Crippen LogP contribution in [-0.2, 0) is 11.8 Å². The van der Waals surface area contributed by atoms with Crippen molar-refractivity contribution in [3.05, 3.63) is 41.2 Å². The fraction of sp³-hybridized carbons (Fsp3) is 0.412. The first-order valence-corrected chi connectivity index (χ1v) is 7.87. The van der Waals surface area contributed by atoms with E-state index in [0.717, 1.165) is 35.5 Å². The third kappa shape index (κ3) is 2.39. The monoisotopic (exact) mass is 312 g/mol. The van der Waals surface area contributed by atoms with Crippen molar-refractivity contribution in [3.63, 3.8) is 0 Å². The van der Waals surface area contributed by atoms with Gasteiger partial charge in [-0.1, -0.05) is 12.1 Å². The molecule has 3 heterocycles. The average molecular weight is 312 g/mol. The van der Waals surface area contributed by atoms with Gasteiger partial charge in [0.05, 0.1) is 11.7 Å². The molecule has 1 fully saturated rings. The highest BCUT2D eigenvalue weighted by molar-refractivity contribution is 5.74. The highest BCUT2D eigenvalue weighted by Crippen LogP contribution is 2.35. The van der Waals surface area contributed by atoms with E-state index in [-0.39, 0.29) is 12.1 Å². The number of rotatable bonds is 3. The molecule has 0 radical (unpaired) electrons. The molecule has 3 aromatic rings. The zero-order chi connectivity index (χ0) is 16.0. The summed E-state index contributed by atoms with van der Waals surface area (Å²) in [6.07, 6.45) is 0.885. The summed E-state index contributed by atoms with van der Waals surface area (Å²) in [6.45, 7) is 4.82. The predicted octanol–water partition coefficient (Wildman–Crippen LogP) is 3.12. The van der Waals surface area contributed by atoms with Crippen LogP contribution in [0.2, 0.25) is 0 Å². The first kappa shape index (κ1) is 14.3. The number of nitrogens with zero attached hydrogens (tertiary/aromatic N) is 3. The Morgan fingerprint density at radius 1 is 1.26 bits per heavy atom. The van der Waals surface area contributed by atoms with Crippen molar-refractivity contribution < 1.29 is 9.15 Å². The molecule has 23 heavy (non-hydrogen) atoms. The van der Waals surface area contributed by atoms with Crippen molar-refractivity contribution in [1.82, 2.24) is 14.8 Å². The molecule has 0 unspecified atom stereocenters. The van der Waals surface area contributed by atoms with Crippen LogP contribution in [0.3, 0.4) is 0 Å². The molecule has 1 saturated heterocycles. The lowest BCUT2D eigenvalue weighted by Crippen LogP contribution is -2.24. The normalized spacial score (nSPS) is 21.2. The largest absolute Gasteiger partial charge is 0.424 e. The van der Waals surface area contributed by atoms with E-state index in [0.29, 0.717) is 6.01 Å². The Hall–Kier alpha value is -2.34. The quantitative estimate of drug-likeness (QED) is 0.805. The molecule has 1 aromatic carbocycles. The summed E-state index contributed by atoms with van der Waals surface area (Å²) < 4.78 is 13.7. The Labute approximate surface area is 134 Å². The van der Waals surface area contributed by atoms with Crippen LogP contribution < -0.4 is 5.32 Å². The number of benzene rings is 1. The van der Waals surface area contributed by atoms with Gasteiger partial charge in [0.25, 0.3) is 6.01 Å². The van der Waals surface area contributed by atoms with Crippen LogP contribution in [0.25, 0.3) is 11.1 Å². The molecule has 1 aliphatic rings. The maximum Gasteiger partial charge on any atom is 0.296 e. The number of para-hydroxylation sites is 2. The summed E-state index contributed by atoms with van der Waals surface area (Å²) >= 11 is 0. The van der Waals surface area contributed by atoms with Gasteiger partial charge < -0.3 is 14.5 Å². The SMILES string of the molecule is Cc1nn(C)c(C)c1[C@H]1OCC[C@@H]1Nc1nc2ccccc2o1. The number of aryl methyl sites for hydroxylation is 2. The molecule has 0 aliphatic carbocycles. The van der Waals surface area contributed by atoms with Crippen LogP contribution >= 0.6 is 0 Å². The summed E-state index contributed by atoms with van der Waals surface area (Å²) in [5, 5.41) is 7.90. The van der Waals surface area contributed by atoms with Crippen molar-refractivity contribution in [2.45, 2.75) is 32.4 Å². The van der Waals surface area contributed by atoms with Crippen LogP contribution in [0, 0.1) is 13.8 Å². The number of nitrogens with one attached hydrogen (secondary N) is 1. The van der Waals surface area contributed by atoms with Crippen molar-refractivity contribution in [3.8, 4) is 0 Å². The van der Waals surface area contributed by atoms with Crippen molar-refractivity contribution in [2.24, 2.45) is 7.05 Å². The van der Waals surface area contributed by atoms with E-state index in [9.17, 15) is 0 Å². The van der Waals surface area contributed by atoms with E-state index in [2.05, 4.69) is 22.3 Å². The summed E-state index contributed by atoms with van der Waals surface area (Å²) in [7, 11) is 1.96. The molecule has 0 bridgehead atoms. The maximum absolute atomic E-state index is 5.99. The van der Waals surface area contributed by atoms with E-state index in [4.69, 9.17) is 9.15 Å². The fourth-order valence-corrected chi connectivity index (χ4v) is 3.32. The lowest BCUT2D eigenvalue weighted by atomic mass is 10.0. The lowest BCUT2D eigenvalue weighted by Gasteiger charge is -2.19. The standard InChI is InChI=1S/C17H20N4O2/c1-10-15(11(2)21(3)20-10)16-13(8-9-22-16)19-17-18-12-6-4-5-7-14(12)23-17/h4-7,13,16H,8-9H2,1-3H3,(H,18,19)/t13-,16-/m0/s1. The molecule has 0 amide bonds. The van der Waals surface area contributed by atoms with E-state index >= 15 is 0 Å². The minimum Gasteiger partial charge on any atom is -0.424 e. The van der Waals surface area contributed by atoms with Gasteiger partial charge in [-0.2, -0.15) is 10.1 Å². The Kier molecular flexibility index (Phi) is 3.34. The Morgan fingerprint density at radius 2 is 2.09 bits per heavy atom. The van der Waals surface area contributed by atoms with Crippen LogP contribution in [0.15, 0.2) is 28.7 Å². The third-order valence-corrected chi connectivity index (χ3v) is 4.54. The zero-order valence-electron chi connectivity index (χ0n) is 13.5. The molecular formula is C17H20N4O2. The van der Waals surface area contributed by atoms with Gasteiger partial charge in [0, 0.05) is 24.9 Å². The van der Waals surface area contributed by atoms with Gasteiger partial charge in [-0.25, -0.2) is 0 Å². The maximum atomic E-state index is 5.99. The first-order chi connectivity index (χ1) is 11.1. The molecule has 120 valence electrons. The number of ether oxygens (including phenoxy) is 1. The topological polar surface area (TPSA) is 65.1 Å². The second kappa shape index (κ2) is 5.38. The Balaban J connectivity index is 1.62.